The van der Waals surface area contributed by atoms with E-state index < -0.39 is 30.3 Å². The summed E-state index contributed by atoms with van der Waals surface area (Å²) in [5, 5.41) is 1.96. The van der Waals surface area contributed by atoms with Crippen LogP contribution in [0.2, 0.25) is 0 Å². The zero-order valence-corrected chi connectivity index (χ0v) is 20.0. The summed E-state index contributed by atoms with van der Waals surface area (Å²) in [5.74, 6) is -2.71. The van der Waals surface area contributed by atoms with E-state index in [0.29, 0.717) is 24.2 Å². The van der Waals surface area contributed by atoms with Crippen LogP contribution in [0.5, 0.6) is 0 Å². The lowest BCUT2D eigenvalue weighted by molar-refractivity contribution is -0.122. The molecular weight excluding hydrogens is 479 g/mol. The van der Waals surface area contributed by atoms with Gasteiger partial charge in [0.2, 0.25) is 11.8 Å². The van der Waals surface area contributed by atoms with Crippen LogP contribution in [-0.4, -0.2) is 41.1 Å². The minimum absolute atomic E-state index is 0.196. The first-order valence-electron chi connectivity index (χ1n) is 11.1. The van der Waals surface area contributed by atoms with Gasteiger partial charge in [0.25, 0.3) is 5.91 Å². The Labute approximate surface area is 207 Å². The summed E-state index contributed by atoms with van der Waals surface area (Å²) in [6.07, 6.45) is 1.61. The molecule has 1 saturated heterocycles. The number of amides is 3. The molecule has 7 nitrogen and oxygen atoms in total. The maximum absolute atomic E-state index is 12.9. The van der Waals surface area contributed by atoms with E-state index >= 15 is 0 Å². The number of nitrogens with one attached hydrogen (secondary N) is 1. The lowest BCUT2D eigenvalue weighted by Crippen LogP contribution is -2.34. The number of anilines is 2. The molecule has 4 rings (SSSR count). The Kier molecular flexibility index (Phi) is 7.24. The van der Waals surface area contributed by atoms with Crippen LogP contribution in [0, 0.1) is 11.8 Å². The number of fused-ring (bicyclic) bond motifs is 1. The highest BCUT2D eigenvalue weighted by molar-refractivity contribution is 6.31. The van der Waals surface area contributed by atoms with Gasteiger partial charge in [-0.3, -0.25) is 19.3 Å². The number of benzene rings is 2. The van der Waals surface area contributed by atoms with Crippen LogP contribution in [-0.2, 0) is 25.5 Å². The molecule has 34 heavy (non-hydrogen) atoms. The van der Waals surface area contributed by atoms with E-state index in [-0.39, 0.29) is 28.1 Å². The smallest absolute Gasteiger partial charge is 0.338 e. The molecule has 3 amide bonds. The van der Waals surface area contributed by atoms with Gasteiger partial charge >= 0.3 is 5.97 Å². The van der Waals surface area contributed by atoms with Crippen molar-refractivity contribution in [1.82, 2.24) is 0 Å². The van der Waals surface area contributed by atoms with Crippen molar-refractivity contribution in [2.75, 3.05) is 16.8 Å². The van der Waals surface area contributed by atoms with E-state index in [1.54, 1.807) is 12.1 Å². The van der Waals surface area contributed by atoms with Crippen molar-refractivity contribution in [3.8, 4) is 0 Å². The third-order valence-corrected chi connectivity index (χ3v) is 7.35. The first kappa shape index (κ1) is 24.2. The zero-order valence-electron chi connectivity index (χ0n) is 18.5. The molecule has 178 valence electrons. The molecule has 1 heterocycles. The van der Waals surface area contributed by atoms with Crippen LogP contribution in [0.15, 0.2) is 48.5 Å². The minimum atomic E-state index is -0.689. The average Bonchev–Trinajstić information content (AvgIpc) is 3.07. The predicted octanol–water partition coefficient (Wildman–Crippen LogP) is 4.16. The molecular formula is C25H24Cl2N2O5. The molecule has 1 N–H and O–H groups in total. The number of alkyl halides is 2. The second kappa shape index (κ2) is 10.2. The summed E-state index contributed by atoms with van der Waals surface area (Å²) in [5.41, 5.74) is 2.33. The van der Waals surface area contributed by atoms with Gasteiger partial charge in [-0.1, -0.05) is 19.1 Å². The number of imide groups is 1. The molecule has 0 radical (unpaired) electrons. The van der Waals surface area contributed by atoms with Gasteiger partial charge in [0, 0.05) is 5.69 Å². The van der Waals surface area contributed by atoms with E-state index in [2.05, 4.69) is 5.32 Å². The van der Waals surface area contributed by atoms with Crippen molar-refractivity contribution < 1.29 is 23.9 Å². The number of carbonyl (C=O) groups is 4. The molecule has 0 aromatic heterocycles. The summed E-state index contributed by atoms with van der Waals surface area (Å²) in [7, 11) is 0. The van der Waals surface area contributed by atoms with Crippen molar-refractivity contribution in [2.24, 2.45) is 11.8 Å². The van der Waals surface area contributed by atoms with E-state index in [1.807, 2.05) is 19.1 Å². The number of rotatable bonds is 6. The van der Waals surface area contributed by atoms with Gasteiger partial charge < -0.3 is 10.1 Å². The number of carbonyl (C=O) groups excluding carboxylic acids is 4. The third-order valence-electron chi connectivity index (χ3n) is 6.25. The van der Waals surface area contributed by atoms with Crippen molar-refractivity contribution in [2.45, 2.75) is 36.9 Å². The number of nitrogens with zero attached hydrogens (tertiary/aromatic N) is 1. The lowest BCUT2D eigenvalue weighted by Gasteiger charge is -2.28. The standard InChI is InChI=1S/C25H24Cl2N2O5/c1-2-14-3-7-16(8-4-14)28-22(30)13-34-25(33)15-5-9-17(10-6-15)29-23(31)18-11-20(26)21(27)12-19(18)24(29)32/h3-10,18-21H,2,11-13H2,1H3,(H,28,30)/t18-,19+,20+,21-. The Morgan fingerprint density at radius 2 is 1.50 bits per heavy atom. The van der Waals surface area contributed by atoms with Gasteiger partial charge in [0.1, 0.15) is 0 Å². The molecule has 1 aliphatic carbocycles. The number of hydrogen-bond donors (Lipinski definition) is 1. The molecule has 1 aliphatic heterocycles. The van der Waals surface area contributed by atoms with Crippen LogP contribution >= 0.6 is 23.2 Å². The fraction of sp³-hybridized carbons (Fsp3) is 0.360. The minimum Gasteiger partial charge on any atom is -0.452 e. The molecule has 2 fully saturated rings. The quantitative estimate of drug-likeness (QED) is 0.363. The summed E-state index contributed by atoms with van der Waals surface area (Å²) in [6.45, 7) is 1.60. The van der Waals surface area contributed by atoms with E-state index in [9.17, 15) is 19.2 Å². The maximum Gasteiger partial charge on any atom is 0.338 e. The van der Waals surface area contributed by atoms with Crippen LogP contribution in [0.25, 0.3) is 0 Å². The van der Waals surface area contributed by atoms with Crippen molar-refractivity contribution >= 4 is 58.3 Å². The number of ether oxygens (including phenoxy) is 1. The molecule has 0 bridgehead atoms. The van der Waals surface area contributed by atoms with Gasteiger partial charge in [-0.15, -0.1) is 23.2 Å². The molecule has 0 spiro atoms. The van der Waals surface area contributed by atoms with E-state index in [0.717, 1.165) is 16.9 Å². The Hall–Kier alpha value is -2.90. The number of halogens is 2. The highest BCUT2D eigenvalue weighted by Crippen LogP contribution is 2.43. The largest absolute Gasteiger partial charge is 0.452 e. The lowest BCUT2D eigenvalue weighted by atomic mass is 9.80. The first-order chi connectivity index (χ1) is 16.3. The maximum atomic E-state index is 12.9. The monoisotopic (exact) mass is 502 g/mol. The van der Waals surface area contributed by atoms with Gasteiger partial charge in [-0.25, -0.2) is 4.79 Å². The molecule has 9 heteroatoms. The fourth-order valence-corrected chi connectivity index (χ4v) is 4.92. The molecule has 2 aromatic rings. The average molecular weight is 503 g/mol. The van der Waals surface area contributed by atoms with Gasteiger partial charge in [-0.05, 0) is 61.2 Å². The van der Waals surface area contributed by atoms with Gasteiger partial charge in [0.05, 0.1) is 33.8 Å². The fourth-order valence-electron chi connectivity index (χ4n) is 4.33. The van der Waals surface area contributed by atoms with Crippen molar-refractivity contribution in [3.05, 3.63) is 59.7 Å². The first-order valence-corrected chi connectivity index (χ1v) is 12.0. The Morgan fingerprint density at radius 3 is 2.03 bits per heavy atom. The highest BCUT2D eigenvalue weighted by atomic mass is 35.5. The SMILES string of the molecule is CCc1ccc(NC(=O)COC(=O)c2ccc(N3C(=O)[C@H]4C[C@@H](Cl)[C@@H](Cl)C[C@H]4C3=O)cc2)cc1. The predicted molar refractivity (Wildman–Crippen MR) is 129 cm³/mol. The molecule has 2 aliphatic rings. The molecule has 1 saturated carbocycles. The van der Waals surface area contributed by atoms with E-state index in [1.165, 1.54) is 24.3 Å². The number of hydrogen-bond acceptors (Lipinski definition) is 5. The van der Waals surface area contributed by atoms with Gasteiger partial charge in [0.15, 0.2) is 6.61 Å². The van der Waals surface area contributed by atoms with Crippen LogP contribution in [0.4, 0.5) is 11.4 Å². The summed E-state index contributed by atoms with van der Waals surface area (Å²) in [4.78, 5) is 51.3. The van der Waals surface area contributed by atoms with Gasteiger partial charge in [-0.2, -0.15) is 0 Å². The number of aryl methyl sites for hydroxylation is 1. The molecule has 2 aromatic carbocycles. The molecule has 4 atom stereocenters. The van der Waals surface area contributed by atoms with Crippen molar-refractivity contribution in [1.29, 1.82) is 0 Å². The summed E-state index contributed by atoms with van der Waals surface area (Å²) >= 11 is 12.4. The summed E-state index contributed by atoms with van der Waals surface area (Å²) in [6, 6.07) is 13.3. The summed E-state index contributed by atoms with van der Waals surface area (Å²) < 4.78 is 5.09. The van der Waals surface area contributed by atoms with Crippen LogP contribution in [0.1, 0.15) is 35.7 Å². The highest BCUT2D eigenvalue weighted by Gasteiger charge is 2.52. The second-order valence-electron chi connectivity index (χ2n) is 8.45. The van der Waals surface area contributed by atoms with Crippen LogP contribution in [0.3, 0.4) is 0 Å². The third kappa shape index (κ3) is 4.95. The second-order valence-corrected chi connectivity index (χ2v) is 9.57. The zero-order chi connectivity index (χ0) is 24.4. The number of esters is 1. The van der Waals surface area contributed by atoms with E-state index in [4.69, 9.17) is 27.9 Å². The molecule has 0 unspecified atom stereocenters. The Bertz CT molecular complexity index is 1080. The van der Waals surface area contributed by atoms with Crippen molar-refractivity contribution in [3.63, 3.8) is 0 Å². The normalized spacial score (nSPS) is 24.0. The Morgan fingerprint density at radius 1 is 0.941 bits per heavy atom. The Balaban J connectivity index is 1.35. The topological polar surface area (TPSA) is 92.8 Å². The van der Waals surface area contributed by atoms with Crippen LogP contribution < -0.4 is 10.2 Å².